The van der Waals surface area contributed by atoms with Crippen molar-refractivity contribution in [3.05, 3.63) is 76.4 Å². The molecular weight excluding hydrogens is 753 g/mol. The van der Waals surface area contributed by atoms with Gasteiger partial charge in [-0.3, -0.25) is 19.4 Å². The van der Waals surface area contributed by atoms with Crippen molar-refractivity contribution < 1.29 is 33.6 Å². The molecule has 1 N–H and O–H groups in total. The fourth-order valence-electron chi connectivity index (χ4n) is 16.6. The van der Waals surface area contributed by atoms with Crippen LogP contribution in [0.1, 0.15) is 93.0 Å². The zero-order valence-electron chi connectivity index (χ0n) is 35.9. The normalized spacial score (nSPS) is 44.7. The lowest BCUT2D eigenvalue weighted by molar-refractivity contribution is -0.214. The van der Waals surface area contributed by atoms with Crippen molar-refractivity contribution in [3.63, 3.8) is 0 Å². The molecular formula is C51H60N2O7. The number of phenols is 1. The van der Waals surface area contributed by atoms with E-state index in [1.807, 2.05) is 0 Å². The summed E-state index contributed by atoms with van der Waals surface area (Å²) in [6, 6.07) is 9.31. The van der Waals surface area contributed by atoms with Crippen molar-refractivity contribution in [2.75, 3.05) is 40.4 Å². The molecule has 0 radical (unpaired) electrons. The number of rotatable bonds is 8. The van der Waals surface area contributed by atoms with Crippen molar-refractivity contribution >= 4 is 11.6 Å². The van der Waals surface area contributed by atoms with Crippen LogP contribution in [0.15, 0.2) is 48.6 Å². The minimum atomic E-state index is -0.767. The van der Waals surface area contributed by atoms with Crippen LogP contribution in [0.5, 0.6) is 17.2 Å². The minimum Gasteiger partial charge on any atom is -0.504 e. The number of hydrogen-bond donors (Lipinski definition) is 1. The third-order valence-corrected chi connectivity index (χ3v) is 19.4. The monoisotopic (exact) mass is 812 g/mol. The molecule has 4 saturated carbocycles. The van der Waals surface area contributed by atoms with Crippen LogP contribution < -0.4 is 9.47 Å². The summed E-state index contributed by atoms with van der Waals surface area (Å²) in [6.45, 7) is 10.2. The number of ether oxygens (including phenoxy) is 4. The molecule has 12 atom stereocenters. The van der Waals surface area contributed by atoms with E-state index in [4.69, 9.17) is 18.9 Å². The SMILES string of the molecule is CO[C@]12C=C[C@@]3(C[C@@H]1C(C)=O)[C@H]1Cc4ccc(C)c5c4[C@@]3(CCN1CC1CC1)[C@H]2O5.CO[C@]12C=C[C@@]3(C[C@@H]1C(C)=O)[C@H]1Cc4ccc(O)c5c4[C@@]3(CCN1CC1CC1)[C@H]2O5. The van der Waals surface area contributed by atoms with Gasteiger partial charge in [-0.2, -0.15) is 0 Å². The number of hydrogen-bond acceptors (Lipinski definition) is 9. The predicted molar refractivity (Wildman–Crippen MR) is 224 cm³/mol. The van der Waals surface area contributed by atoms with Crippen molar-refractivity contribution in [1.82, 2.24) is 9.80 Å². The van der Waals surface area contributed by atoms with Gasteiger partial charge in [0.25, 0.3) is 0 Å². The Bertz CT molecular complexity index is 2190. The lowest BCUT2D eigenvalue weighted by Gasteiger charge is -2.71. The molecule has 316 valence electrons. The largest absolute Gasteiger partial charge is 0.504 e. The molecule has 0 amide bonds. The smallest absolute Gasteiger partial charge is 0.165 e. The Morgan fingerprint density at radius 3 is 1.63 bits per heavy atom. The molecule has 9 nitrogen and oxygen atoms in total. The zero-order valence-corrected chi connectivity index (χ0v) is 35.9. The number of nitrogens with zero attached hydrogens (tertiary/aromatic N) is 2. The molecule has 2 aromatic carbocycles. The molecule has 4 aliphatic heterocycles. The van der Waals surface area contributed by atoms with Crippen molar-refractivity contribution in [1.29, 1.82) is 0 Å². The highest BCUT2D eigenvalue weighted by atomic mass is 16.6. The van der Waals surface area contributed by atoms with Crippen LogP contribution in [-0.4, -0.2) is 102 Å². The Labute approximate surface area is 353 Å². The Balaban J connectivity index is 0.000000123. The summed E-state index contributed by atoms with van der Waals surface area (Å²) in [5.41, 5.74) is 4.78. The average Bonchev–Trinajstić information content (AvgIpc) is 4.18. The number of fused-ring (bicyclic) bond motifs is 2. The maximum Gasteiger partial charge on any atom is 0.165 e. The second-order valence-electron chi connectivity index (χ2n) is 21.5. The molecule has 6 fully saturated rings. The minimum absolute atomic E-state index is 0.0343. The summed E-state index contributed by atoms with van der Waals surface area (Å²) in [5, 5.41) is 10.7. The van der Waals surface area contributed by atoms with Crippen LogP contribution >= 0.6 is 0 Å². The number of likely N-dealkylation sites (tertiary alicyclic amines) is 2. The summed E-state index contributed by atoms with van der Waals surface area (Å²) < 4.78 is 26.0. The van der Waals surface area contributed by atoms with E-state index in [2.05, 4.69) is 59.2 Å². The number of carbonyl (C=O) groups excluding carboxylic acids is 2. The molecule has 8 bridgehead atoms. The Kier molecular flexibility index (Phi) is 7.26. The Hall–Kier alpha value is -3.50. The second kappa shape index (κ2) is 11.7. The van der Waals surface area contributed by atoms with Crippen LogP contribution in [0.3, 0.4) is 0 Å². The number of phenolic OH excluding ortho intramolecular Hbond substituents is 1. The third-order valence-electron chi connectivity index (χ3n) is 19.4. The van der Waals surface area contributed by atoms with E-state index >= 15 is 0 Å². The molecule has 2 saturated heterocycles. The van der Waals surface area contributed by atoms with Gasteiger partial charge in [0, 0.05) is 61.3 Å². The predicted octanol–water partition coefficient (Wildman–Crippen LogP) is 6.57. The van der Waals surface area contributed by atoms with E-state index in [1.54, 1.807) is 34.1 Å². The van der Waals surface area contributed by atoms with E-state index in [-0.39, 0.29) is 63.0 Å². The Morgan fingerprint density at radius 1 is 0.700 bits per heavy atom. The van der Waals surface area contributed by atoms with Gasteiger partial charge in [-0.1, -0.05) is 42.5 Å². The molecule has 4 spiro atoms. The van der Waals surface area contributed by atoms with Gasteiger partial charge in [0.2, 0.25) is 0 Å². The molecule has 0 unspecified atom stereocenters. The molecule has 0 aromatic heterocycles. The van der Waals surface area contributed by atoms with E-state index in [0.29, 0.717) is 17.8 Å². The van der Waals surface area contributed by atoms with Crippen molar-refractivity contribution in [2.45, 2.75) is 131 Å². The topological polar surface area (TPSA) is 97.8 Å². The Morgan fingerprint density at radius 2 is 1.17 bits per heavy atom. The van der Waals surface area contributed by atoms with Crippen molar-refractivity contribution in [3.8, 4) is 17.2 Å². The number of benzene rings is 2. The maximum absolute atomic E-state index is 13.0. The summed E-state index contributed by atoms with van der Waals surface area (Å²) in [6.07, 6.45) is 20.2. The number of aromatic hydroxyl groups is 1. The standard InChI is InChI=1S/C26H31NO3.C25H29NO4/c1-15-4-7-18-12-20-24-8-9-26(29-3,19(13-24)16(2)28)23-25(24,21(18)22(15)30-23)10-11-27(20)14-17-5-6-17;1-14(27)17-12-23-7-8-25(17,29-2)22-24(23)9-10-26(13-15-3-4-15)19(23)11-16-5-6-18(28)21(30-22)20(16)24/h4,7-9,17,19-20,23H,5-6,10-14H2,1-3H3;5-8,15,17,19,22,28H,3-4,9-13H2,1-2H3/t19-,20-,23-,24-,25+,26-;17-,19-,22-,23-,24+,25-/m11/s1. The van der Waals surface area contributed by atoms with Gasteiger partial charge in [0.1, 0.15) is 40.7 Å². The summed E-state index contributed by atoms with van der Waals surface area (Å²) in [5.74, 6) is 3.73. The highest BCUT2D eigenvalue weighted by molar-refractivity contribution is 5.83. The van der Waals surface area contributed by atoms with Gasteiger partial charge in [0.15, 0.2) is 11.5 Å². The molecule has 10 aliphatic carbocycles. The number of aryl methyl sites for hydroxylation is 1. The summed E-state index contributed by atoms with van der Waals surface area (Å²) >= 11 is 0. The van der Waals surface area contributed by atoms with Crippen LogP contribution in [0.25, 0.3) is 0 Å². The summed E-state index contributed by atoms with van der Waals surface area (Å²) in [4.78, 5) is 31.4. The number of ketones is 2. The van der Waals surface area contributed by atoms with E-state index in [0.717, 1.165) is 69.2 Å². The first kappa shape index (κ1) is 37.1. The first-order valence-electron chi connectivity index (χ1n) is 23.3. The maximum atomic E-state index is 13.0. The molecule has 60 heavy (non-hydrogen) atoms. The van der Waals surface area contributed by atoms with Crippen LogP contribution in [0.2, 0.25) is 0 Å². The van der Waals surface area contributed by atoms with Crippen LogP contribution in [-0.2, 0) is 42.7 Å². The van der Waals surface area contributed by atoms with E-state index < -0.39 is 11.2 Å². The number of piperidine rings is 2. The summed E-state index contributed by atoms with van der Waals surface area (Å²) in [7, 11) is 3.49. The fraction of sp³-hybridized carbons (Fsp3) is 0.647. The van der Waals surface area contributed by atoms with Gasteiger partial charge < -0.3 is 24.1 Å². The number of Topliss-reactive ketones (excluding diaryl/α,β-unsaturated/α-hetero) is 2. The number of methoxy groups -OCH3 is 2. The highest BCUT2D eigenvalue weighted by Crippen LogP contribution is 2.76. The van der Waals surface area contributed by atoms with Gasteiger partial charge in [-0.25, -0.2) is 0 Å². The van der Waals surface area contributed by atoms with Crippen LogP contribution in [0, 0.1) is 41.4 Å². The molecule has 4 heterocycles. The van der Waals surface area contributed by atoms with Gasteiger partial charge in [0.05, 0.1) is 22.7 Å². The van der Waals surface area contributed by atoms with Gasteiger partial charge >= 0.3 is 0 Å². The first-order valence-corrected chi connectivity index (χ1v) is 23.3. The average molecular weight is 813 g/mol. The third kappa shape index (κ3) is 4.04. The molecule has 16 rings (SSSR count). The lowest BCUT2D eigenvalue weighted by Crippen LogP contribution is -2.79. The van der Waals surface area contributed by atoms with E-state index in [9.17, 15) is 14.7 Å². The highest BCUT2D eigenvalue weighted by Gasteiger charge is 2.81. The fourth-order valence-corrected chi connectivity index (χ4v) is 16.6. The quantitative estimate of drug-likeness (QED) is 0.297. The zero-order chi connectivity index (χ0) is 40.9. The number of carbonyl (C=O) groups is 2. The molecule has 9 heteroatoms. The molecule has 2 aromatic rings. The second-order valence-corrected chi connectivity index (χ2v) is 21.5. The first-order chi connectivity index (χ1) is 28.9. The van der Waals surface area contributed by atoms with Gasteiger partial charge in [-0.05, 0) is 133 Å². The van der Waals surface area contributed by atoms with Gasteiger partial charge in [-0.15, -0.1) is 0 Å². The van der Waals surface area contributed by atoms with Crippen LogP contribution in [0.4, 0.5) is 0 Å². The van der Waals surface area contributed by atoms with E-state index in [1.165, 1.54) is 66.6 Å². The van der Waals surface area contributed by atoms with Crippen molar-refractivity contribution in [2.24, 2.45) is 34.5 Å². The lowest BCUT2D eigenvalue weighted by atomic mass is 9.37. The molecule has 14 aliphatic rings.